The number of hydrogen-bond donors (Lipinski definition) is 1. The first-order valence-electron chi connectivity index (χ1n) is 5.25. The lowest BCUT2D eigenvalue weighted by Crippen LogP contribution is -2.31. The third kappa shape index (κ3) is 1.88. The Hall–Kier alpha value is -1.35. The summed E-state index contributed by atoms with van der Waals surface area (Å²) in [7, 11) is 3.78. The summed E-state index contributed by atoms with van der Waals surface area (Å²) in [5.74, 6) is 0.212. The normalized spacial score (nSPS) is 15.3. The van der Waals surface area contributed by atoms with Crippen molar-refractivity contribution in [2.75, 3.05) is 19.0 Å². The fraction of sp³-hybridized carbons (Fsp3) is 0.417. The van der Waals surface area contributed by atoms with Gasteiger partial charge in [0.2, 0.25) is 5.91 Å². The molecule has 0 radical (unpaired) electrons. The number of aryl methyl sites for hydroxylation is 1. The van der Waals surface area contributed by atoms with E-state index in [0.29, 0.717) is 6.42 Å². The van der Waals surface area contributed by atoms with Gasteiger partial charge in [-0.05, 0) is 30.7 Å². The van der Waals surface area contributed by atoms with Gasteiger partial charge in [0.15, 0.2) is 0 Å². The molecule has 0 saturated heterocycles. The maximum absolute atomic E-state index is 11.5. The topological polar surface area (TPSA) is 32.3 Å². The van der Waals surface area contributed by atoms with Gasteiger partial charge in [-0.25, -0.2) is 0 Å². The van der Waals surface area contributed by atoms with E-state index in [-0.39, 0.29) is 5.91 Å². The lowest BCUT2D eigenvalue weighted by Gasteiger charge is -2.26. The van der Waals surface area contributed by atoms with Gasteiger partial charge >= 0.3 is 0 Å². The maximum atomic E-state index is 11.5. The number of carbonyl (C=O) groups excluding carboxylic acids is 1. The fourth-order valence-electron chi connectivity index (χ4n) is 2.02. The zero-order chi connectivity index (χ0) is 10.8. The van der Waals surface area contributed by atoms with Crippen LogP contribution in [-0.4, -0.2) is 20.0 Å². The number of nitrogens with zero attached hydrogens (tertiary/aromatic N) is 1. The quantitative estimate of drug-likeness (QED) is 0.788. The second-order valence-corrected chi connectivity index (χ2v) is 3.95. The highest BCUT2D eigenvalue weighted by Crippen LogP contribution is 2.27. The van der Waals surface area contributed by atoms with Crippen molar-refractivity contribution >= 4 is 11.6 Å². The van der Waals surface area contributed by atoms with Crippen molar-refractivity contribution in [2.45, 2.75) is 19.4 Å². The van der Waals surface area contributed by atoms with Gasteiger partial charge in [0.05, 0.1) is 0 Å². The van der Waals surface area contributed by atoms with Gasteiger partial charge in [0.25, 0.3) is 0 Å². The molecular formula is C12H16N2O. The van der Waals surface area contributed by atoms with Crippen LogP contribution in [0.2, 0.25) is 0 Å². The molecule has 0 unspecified atom stereocenters. The molecule has 0 atom stereocenters. The zero-order valence-corrected chi connectivity index (χ0v) is 9.21. The average molecular weight is 204 g/mol. The van der Waals surface area contributed by atoms with Crippen molar-refractivity contribution in [1.82, 2.24) is 5.32 Å². The standard InChI is InChI=1S/C12H16N2O/c1-13-8-9-3-5-11-10(7-9)4-6-12(15)14(11)2/h3,5,7,13H,4,6,8H2,1-2H3. The van der Waals surface area contributed by atoms with Crippen LogP contribution in [0, 0.1) is 0 Å². The highest BCUT2D eigenvalue weighted by molar-refractivity contribution is 5.95. The number of hydrogen-bond acceptors (Lipinski definition) is 2. The molecule has 0 saturated carbocycles. The summed E-state index contributed by atoms with van der Waals surface area (Å²) in [5, 5.41) is 3.13. The van der Waals surface area contributed by atoms with Crippen LogP contribution >= 0.6 is 0 Å². The molecular weight excluding hydrogens is 188 g/mol. The van der Waals surface area contributed by atoms with Gasteiger partial charge in [0, 0.05) is 25.7 Å². The molecule has 1 aliphatic heterocycles. The Labute approximate surface area is 90.1 Å². The van der Waals surface area contributed by atoms with Crippen LogP contribution in [0.4, 0.5) is 5.69 Å². The second-order valence-electron chi connectivity index (χ2n) is 3.95. The van der Waals surface area contributed by atoms with Gasteiger partial charge < -0.3 is 10.2 Å². The second kappa shape index (κ2) is 4.03. The minimum atomic E-state index is 0.212. The first kappa shape index (κ1) is 10.2. The molecule has 0 fully saturated rings. The Balaban J connectivity index is 2.34. The summed E-state index contributed by atoms with van der Waals surface area (Å²) in [6.45, 7) is 0.880. The first-order chi connectivity index (χ1) is 7.22. The summed E-state index contributed by atoms with van der Waals surface area (Å²) in [5.41, 5.74) is 3.62. The number of carbonyl (C=O) groups is 1. The van der Waals surface area contributed by atoms with Crippen LogP contribution < -0.4 is 10.2 Å². The minimum Gasteiger partial charge on any atom is -0.316 e. The van der Waals surface area contributed by atoms with E-state index < -0.39 is 0 Å². The van der Waals surface area contributed by atoms with Crippen LogP contribution in [0.15, 0.2) is 18.2 Å². The van der Waals surface area contributed by atoms with E-state index in [9.17, 15) is 4.79 Å². The van der Waals surface area contributed by atoms with Crippen molar-refractivity contribution in [2.24, 2.45) is 0 Å². The Bertz CT molecular complexity index is 387. The lowest BCUT2D eigenvalue weighted by molar-refractivity contribution is -0.118. The zero-order valence-electron chi connectivity index (χ0n) is 9.21. The van der Waals surface area contributed by atoms with E-state index >= 15 is 0 Å². The summed E-state index contributed by atoms with van der Waals surface area (Å²) in [6, 6.07) is 6.30. The van der Waals surface area contributed by atoms with E-state index in [4.69, 9.17) is 0 Å². The van der Waals surface area contributed by atoms with Crippen LogP contribution in [-0.2, 0) is 17.8 Å². The van der Waals surface area contributed by atoms with E-state index in [1.54, 1.807) is 4.90 Å². The first-order valence-corrected chi connectivity index (χ1v) is 5.25. The summed E-state index contributed by atoms with van der Waals surface area (Å²) >= 11 is 0. The van der Waals surface area contributed by atoms with Gasteiger partial charge in [-0.15, -0.1) is 0 Å². The monoisotopic (exact) mass is 204 g/mol. The minimum absolute atomic E-state index is 0.212. The molecule has 3 nitrogen and oxygen atoms in total. The Kier molecular flexibility index (Phi) is 2.73. The number of rotatable bonds is 2. The van der Waals surface area contributed by atoms with E-state index in [2.05, 4.69) is 17.4 Å². The molecule has 0 aliphatic carbocycles. The summed E-state index contributed by atoms with van der Waals surface area (Å²) in [6.07, 6.45) is 1.50. The van der Waals surface area contributed by atoms with Crippen LogP contribution in [0.25, 0.3) is 0 Å². The van der Waals surface area contributed by atoms with Crippen molar-refractivity contribution in [3.05, 3.63) is 29.3 Å². The molecule has 0 aromatic heterocycles. The van der Waals surface area contributed by atoms with Crippen molar-refractivity contribution in [1.29, 1.82) is 0 Å². The molecule has 0 bridgehead atoms. The van der Waals surface area contributed by atoms with Gasteiger partial charge in [-0.1, -0.05) is 12.1 Å². The number of benzene rings is 1. The highest BCUT2D eigenvalue weighted by atomic mass is 16.2. The van der Waals surface area contributed by atoms with Crippen molar-refractivity contribution in [3.8, 4) is 0 Å². The SMILES string of the molecule is CNCc1ccc2c(c1)CCC(=O)N2C. The largest absolute Gasteiger partial charge is 0.316 e. The van der Waals surface area contributed by atoms with E-state index in [0.717, 1.165) is 18.7 Å². The van der Waals surface area contributed by atoms with Crippen molar-refractivity contribution < 1.29 is 4.79 Å². The number of amides is 1. The highest BCUT2D eigenvalue weighted by Gasteiger charge is 2.20. The lowest BCUT2D eigenvalue weighted by atomic mass is 9.99. The molecule has 3 heteroatoms. The number of fused-ring (bicyclic) bond motifs is 1. The van der Waals surface area contributed by atoms with Gasteiger partial charge in [-0.3, -0.25) is 4.79 Å². The molecule has 15 heavy (non-hydrogen) atoms. The molecule has 80 valence electrons. The summed E-state index contributed by atoms with van der Waals surface area (Å²) in [4.78, 5) is 13.2. The Morgan fingerprint density at radius 3 is 2.93 bits per heavy atom. The molecule has 1 aromatic carbocycles. The molecule has 1 heterocycles. The smallest absolute Gasteiger partial charge is 0.227 e. The van der Waals surface area contributed by atoms with Crippen molar-refractivity contribution in [3.63, 3.8) is 0 Å². The molecule has 2 rings (SSSR count). The Morgan fingerprint density at radius 1 is 1.40 bits per heavy atom. The van der Waals surface area contributed by atoms with Gasteiger partial charge in [-0.2, -0.15) is 0 Å². The molecule has 1 aromatic rings. The number of anilines is 1. The number of nitrogens with one attached hydrogen (secondary N) is 1. The fourth-order valence-corrected chi connectivity index (χ4v) is 2.02. The summed E-state index contributed by atoms with van der Waals surface area (Å²) < 4.78 is 0. The van der Waals surface area contributed by atoms with Gasteiger partial charge in [0.1, 0.15) is 0 Å². The van der Waals surface area contributed by atoms with Crippen LogP contribution in [0.3, 0.4) is 0 Å². The third-order valence-corrected chi connectivity index (χ3v) is 2.87. The van der Waals surface area contributed by atoms with E-state index in [1.165, 1.54) is 11.1 Å². The average Bonchev–Trinajstić information content (AvgIpc) is 2.24. The van der Waals surface area contributed by atoms with Crippen LogP contribution in [0.1, 0.15) is 17.5 Å². The Morgan fingerprint density at radius 2 is 2.20 bits per heavy atom. The molecule has 1 aliphatic rings. The maximum Gasteiger partial charge on any atom is 0.227 e. The molecule has 1 N–H and O–H groups in total. The predicted octanol–water partition coefficient (Wildman–Crippen LogP) is 1.31. The predicted molar refractivity (Wildman–Crippen MR) is 60.9 cm³/mol. The molecule has 0 spiro atoms. The third-order valence-electron chi connectivity index (χ3n) is 2.87. The van der Waals surface area contributed by atoms with E-state index in [1.807, 2.05) is 20.2 Å². The van der Waals surface area contributed by atoms with Crippen LogP contribution in [0.5, 0.6) is 0 Å². The molecule has 1 amide bonds.